The number of hydrogen-bond acceptors (Lipinski definition) is 5. The van der Waals surface area contributed by atoms with E-state index in [1.807, 2.05) is 36.4 Å². The van der Waals surface area contributed by atoms with Gasteiger partial charge in [0.1, 0.15) is 0 Å². The van der Waals surface area contributed by atoms with E-state index in [1.165, 1.54) is 16.4 Å². The first-order valence-corrected chi connectivity index (χ1v) is 13.4. The molecule has 0 bridgehead atoms. The Balaban J connectivity index is 1.40. The molecule has 5 rings (SSSR count). The summed E-state index contributed by atoms with van der Waals surface area (Å²) in [4.78, 5) is 17.8. The predicted octanol–water partition coefficient (Wildman–Crippen LogP) is 4.10. The van der Waals surface area contributed by atoms with Gasteiger partial charge in [-0.1, -0.05) is 35.9 Å². The van der Waals surface area contributed by atoms with Crippen molar-refractivity contribution in [2.75, 3.05) is 54.3 Å². The standard InChI is InChI=1S/C26H27ClN4O3S/c1-29-13-15-30(16-14-29)25-10-9-21(27)18-23(25)28-26(32)20-6-4-7-22(17-20)35(33,34)31-12-11-19-5-2-3-8-24(19)31/h2-10,17-18H,11-16H2,1H3,(H,28,32). The fraction of sp³-hybridized carbons (Fsp3) is 0.269. The second-order valence-electron chi connectivity index (χ2n) is 8.89. The number of sulfonamides is 1. The number of halogens is 1. The SMILES string of the molecule is CN1CCN(c2ccc(Cl)cc2NC(=O)c2cccc(S(=O)(=O)N3CCc4ccccc43)c2)CC1. The van der Waals surface area contributed by atoms with Gasteiger partial charge in [-0.05, 0) is 61.5 Å². The smallest absolute Gasteiger partial charge is 0.264 e. The molecule has 0 saturated carbocycles. The molecular formula is C26H27ClN4O3S. The van der Waals surface area contributed by atoms with E-state index in [1.54, 1.807) is 18.2 Å². The van der Waals surface area contributed by atoms with E-state index in [4.69, 9.17) is 11.6 Å². The van der Waals surface area contributed by atoms with Crippen molar-refractivity contribution in [1.29, 1.82) is 0 Å². The third-order valence-corrected chi connectivity index (χ3v) is 8.62. The minimum Gasteiger partial charge on any atom is -0.367 e. The Morgan fingerprint density at radius 3 is 2.46 bits per heavy atom. The number of carbonyl (C=O) groups excluding carboxylic acids is 1. The summed E-state index contributed by atoms with van der Waals surface area (Å²) in [6, 6.07) is 19.1. The van der Waals surface area contributed by atoms with Gasteiger partial charge in [0.25, 0.3) is 15.9 Å². The number of amides is 1. The maximum atomic E-state index is 13.4. The second kappa shape index (κ2) is 9.53. The van der Waals surface area contributed by atoms with E-state index in [9.17, 15) is 13.2 Å². The summed E-state index contributed by atoms with van der Waals surface area (Å²) in [6.07, 6.45) is 0.666. The first-order valence-electron chi connectivity index (χ1n) is 11.6. The molecular weight excluding hydrogens is 484 g/mol. The quantitative estimate of drug-likeness (QED) is 0.559. The van der Waals surface area contributed by atoms with Gasteiger partial charge < -0.3 is 15.1 Å². The highest BCUT2D eigenvalue weighted by Gasteiger charge is 2.31. The zero-order chi connectivity index (χ0) is 24.6. The fourth-order valence-corrected chi connectivity index (χ4v) is 6.33. The lowest BCUT2D eigenvalue weighted by atomic mass is 10.1. The molecule has 2 heterocycles. The Bertz CT molecular complexity index is 1370. The van der Waals surface area contributed by atoms with Gasteiger partial charge in [-0.3, -0.25) is 9.10 Å². The lowest BCUT2D eigenvalue weighted by Crippen LogP contribution is -2.44. The zero-order valence-electron chi connectivity index (χ0n) is 19.4. The molecule has 0 atom stereocenters. The Hall–Kier alpha value is -3.07. The summed E-state index contributed by atoms with van der Waals surface area (Å²) in [6.45, 7) is 3.91. The average molecular weight is 511 g/mol. The molecule has 2 aliphatic heterocycles. The molecule has 1 N–H and O–H groups in total. The lowest BCUT2D eigenvalue weighted by Gasteiger charge is -2.35. The Labute approximate surface area is 211 Å². The third-order valence-electron chi connectivity index (χ3n) is 6.58. The molecule has 9 heteroatoms. The highest BCUT2D eigenvalue weighted by molar-refractivity contribution is 7.92. The minimum absolute atomic E-state index is 0.0900. The summed E-state index contributed by atoms with van der Waals surface area (Å²) < 4.78 is 28.3. The molecule has 0 radical (unpaired) electrons. The van der Waals surface area contributed by atoms with Crippen LogP contribution in [-0.2, 0) is 16.4 Å². The van der Waals surface area contributed by atoms with E-state index in [0.717, 1.165) is 37.4 Å². The highest BCUT2D eigenvalue weighted by Crippen LogP contribution is 2.33. The topological polar surface area (TPSA) is 73.0 Å². The van der Waals surface area contributed by atoms with E-state index >= 15 is 0 Å². The van der Waals surface area contributed by atoms with Crippen LogP contribution in [0.1, 0.15) is 15.9 Å². The monoisotopic (exact) mass is 510 g/mol. The number of rotatable bonds is 5. The fourth-order valence-electron chi connectivity index (χ4n) is 4.61. The van der Waals surface area contributed by atoms with Crippen LogP contribution in [0, 0.1) is 0 Å². The Morgan fingerprint density at radius 1 is 0.886 bits per heavy atom. The van der Waals surface area contributed by atoms with Gasteiger partial charge >= 0.3 is 0 Å². The number of nitrogens with zero attached hydrogens (tertiary/aromatic N) is 3. The molecule has 182 valence electrons. The predicted molar refractivity (Wildman–Crippen MR) is 140 cm³/mol. The van der Waals surface area contributed by atoms with Crippen molar-refractivity contribution in [3.05, 3.63) is 82.9 Å². The first-order chi connectivity index (χ1) is 16.8. The summed E-state index contributed by atoms with van der Waals surface area (Å²) in [5.41, 5.74) is 3.46. The van der Waals surface area contributed by atoms with Crippen LogP contribution >= 0.6 is 11.6 Å². The molecule has 0 spiro atoms. The molecule has 35 heavy (non-hydrogen) atoms. The number of para-hydroxylation sites is 1. The molecule has 3 aromatic rings. The van der Waals surface area contributed by atoms with Crippen LogP contribution in [0.2, 0.25) is 5.02 Å². The van der Waals surface area contributed by atoms with E-state index in [-0.39, 0.29) is 16.4 Å². The van der Waals surface area contributed by atoms with Crippen LogP contribution in [0.5, 0.6) is 0 Å². The molecule has 3 aromatic carbocycles. The summed E-state index contributed by atoms with van der Waals surface area (Å²) >= 11 is 6.24. The molecule has 1 fully saturated rings. The number of benzene rings is 3. The summed E-state index contributed by atoms with van der Waals surface area (Å²) in [5, 5.41) is 3.47. The number of carbonyl (C=O) groups is 1. The van der Waals surface area contributed by atoms with Crippen LogP contribution in [0.25, 0.3) is 0 Å². The Kier molecular flexibility index (Phi) is 6.44. The average Bonchev–Trinajstić information content (AvgIpc) is 3.30. The zero-order valence-corrected chi connectivity index (χ0v) is 21.0. The van der Waals surface area contributed by atoms with Gasteiger partial charge in [0.15, 0.2) is 0 Å². The largest absolute Gasteiger partial charge is 0.367 e. The van der Waals surface area contributed by atoms with Crippen molar-refractivity contribution in [3.8, 4) is 0 Å². The Morgan fingerprint density at radius 2 is 1.66 bits per heavy atom. The van der Waals surface area contributed by atoms with Crippen LogP contribution in [0.15, 0.2) is 71.6 Å². The lowest BCUT2D eigenvalue weighted by molar-refractivity contribution is 0.102. The third kappa shape index (κ3) is 4.74. The van der Waals surface area contributed by atoms with Crippen molar-refractivity contribution >= 4 is 44.6 Å². The molecule has 1 saturated heterocycles. The number of hydrogen-bond donors (Lipinski definition) is 1. The van der Waals surface area contributed by atoms with Crippen LogP contribution in [0.4, 0.5) is 17.1 Å². The minimum atomic E-state index is -3.80. The van der Waals surface area contributed by atoms with Crippen molar-refractivity contribution in [2.24, 2.45) is 0 Å². The van der Waals surface area contributed by atoms with Gasteiger partial charge in [0.2, 0.25) is 0 Å². The summed E-state index contributed by atoms with van der Waals surface area (Å²) in [5.74, 6) is -0.387. The number of nitrogens with one attached hydrogen (secondary N) is 1. The normalized spacial score (nSPS) is 16.3. The maximum absolute atomic E-state index is 13.4. The highest BCUT2D eigenvalue weighted by atomic mass is 35.5. The van der Waals surface area contributed by atoms with Gasteiger partial charge in [-0.2, -0.15) is 0 Å². The number of piperazine rings is 1. The first kappa shape index (κ1) is 23.7. The molecule has 1 amide bonds. The molecule has 0 aliphatic carbocycles. The molecule has 7 nitrogen and oxygen atoms in total. The molecule has 2 aliphatic rings. The van der Waals surface area contributed by atoms with Crippen molar-refractivity contribution in [1.82, 2.24) is 4.90 Å². The van der Waals surface area contributed by atoms with Crippen LogP contribution in [0.3, 0.4) is 0 Å². The van der Waals surface area contributed by atoms with Crippen molar-refractivity contribution in [2.45, 2.75) is 11.3 Å². The maximum Gasteiger partial charge on any atom is 0.264 e. The van der Waals surface area contributed by atoms with Crippen molar-refractivity contribution in [3.63, 3.8) is 0 Å². The second-order valence-corrected chi connectivity index (χ2v) is 11.2. The van der Waals surface area contributed by atoms with E-state index in [2.05, 4.69) is 22.2 Å². The van der Waals surface area contributed by atoms with Gasteiger partial charge in [0, 0.05) is 43.3 Å². The van der Waals surface area contributed by atoms with Crippen LogP contribution in [-0.4, -0.2) is 59.0 Å². The number of fused-ring (bicyclic) bond motifs is 1. The van der Waals surface area contributed by atoms with Gasteiger partial charge in [0.05, 0.1) is 22.0 Å². The summed E-state index contributed by atoms with van der Waals surface area (Å²) in [7, 11) is -1.71. The van der Waals surface area contributed by atoms with Gasteiger partial charge in [-0.15, -0.1) is 0 Å². The molecule has 0 unspecified atom stereocenters. The van der Waals surface area contributed by atoms with Crippen LogP contribution < -0.4 is 14.5 Å². The van der Waals surface area contributed by atoms with Gasteiger partial charge in [-0.25, -0.2) is 8.42 Å². The van der Waals surface area contributed by atoms with E-state index in [0.29, 0.717) is 29.4 Å². The number of anilines is 3. The van der Waals surface area contributed by atoms with E-state index < -0.39 is 10.0 Å². The number of likely N-dealkylation sites (N-methyl/N-ethyl adjacent to an activating group) is 1. The molecule has 0 aromatic heterocycles. The van der Waals surface area contributed by atoms with Crippen molar-refractivity contribution < 1.29 is 13.2 Å².